The first kappa shape index (κ1) is 18.2. The van der Waals surface area contributed by atoms with Crippen LogP contribution in [0.1, 0.15) is 41.6 Å². The van der Waals surface area contributed by atoms with E-state index in [1.165, 1.54) is 16.2 Å². The number of allylic oxidation sites excluding steroid dienone is 2. The number of imide groups is 1. The Morgan fingerprint density at radius 1 is 1.07 bits per heavy atom. The van der Waals surface area contributed by atoms with Gasteiger partial charge in [0.15, 0.2) is 0 Å². The van der Waals surface area contributed by atoms with Crippen LogP contribution in [0, 0.1) is 23.7 Å². The lowest BCUT2D eigenvalue weighted by molar-refractivity contribution is -0.123. The molecular formula is C21H20N4O3S. The number of aromatic nitrogens is 2. The number of benzene rings is 1. The highest BCUT2D eigenvalue weighted by Gasteiger charge is 2.59. The molecule has 29 heavy (non-hydrogen) atoms. The van der Waals surface area contributed by atoms with Crippen LogP contribution in [-0.4, -0.2) is 27.9 Å². The van der Waals surface area contributed by atoms with Crippen LogP contribution in [-0.2, 0) is 9.59 Å². The van der Waals surface area contributed by atoms with Crippen molar-refractivity contribution in [2.45, 2.75) is 26.2 Å². The summed E-state index contributed by atoms with van der Waals surface area (Å²) in [6, 6.07) is 6.55. The summed E-state index contributed by atoms with van der Waals surface area (Å²) in [7, 11) is 0. The predicted octanol–water partition coefficient (Wildman–Crippen LogP) is 3.23. The molecule has 1 saturated heterocycles. The summed E-state index contributed by atoms with van der Waals surface area (Å²) < 4.78 is 0. The van der Waals surface area contributed by atoms with Gasteiger partial charge in [0.05, 0.1) is 17.5 Å². The van der Waals surface area contributed by atoms with Gasteiger partial charge in [-0.15, -0.1) is 10.2 Å². The second-order valence-corrected chi connectivity index (χ2v) is 9.12. The lowest BCUT2D eigenvalue weighted by Crippen LogP contribution is -2.32. The summed E-state index contributed by atoms with van der Waals surface area (Å²) in [5, 5.41) is 12.1. The van der Waals surface area contributed by atoms with Gasteiger partial charge >= 0.3 is 0 Å². The molecule has 0 radical (unpaired) electrons. The van der Waals surface area contributed by atoms with Gasteiger partial charge in [0.25, 0.3) is 5.91 Å². The number of nitrogens with one attached hydrogen (secondary N) is 1. The van der Waals surface area contributed by atoms with E-state index in [0.717, 1.165) is 11.4 Å². The number of amides is 3. The molecule has 1 N–H and O–H groups in total. The summed E-state index contributed by atoms with van der Waals surface area (Å²) in [4.78, 5) is 39.5. The summed E-state index contributed by atoms with van der Waals surface area (Å²) in [5.41, 5.74) is 0.944. The third kappa shape index (κ3) is 2.81. The Kier molecular flexibility index (Phi) is 4.13. The molecule has 3 aliphatic rings. The van der Waals surface area contributed by atoms with Crippen LogP contribution in [0.25, 0.3) is 0 Å². The highest BCUT2D eigenvalue weighted by molar-refractivity contribution is 7.15. The van der Waals surface area contributed by atoms with Crippen LogP contribution in [0.2, 0.25) is 0 Å². The number of carbonyl (C=O) groups excluding carboxylic acids is 3. The molecule has 4 unspecified atom stereocenters. The smallest absolute Gasteiger partial charge is 0.257 e. The van der Waals surface area contributed by atoms with E-state index >= 15 is 0 Å². The molecule has 1 aromatic heterocycles. The number of hydrogen-bond donors (Lipinski definition) is 1. The van der Waals surface area contributed by atoms with Crippen LogP contribution in [0.15, 0.2) is 36.4 Å². The van der Waals surface area contributed by atoms with E-state index in [-0.39, 0.29) is 47.3 Å². The molecule has 7 nitrogen and oxygen atoms in total. The summed E-state index contributed by atoms with van der Waals surface area (Å²) in [6.45, 7) is 4.03. The first-order chi connectivity index (χ1) is 13.9. The largest absolute Gasteiger partial charge is 0.296 e. The fourth-order valence-corrected chi connectivity index (χ4v) is 5.35. The minimum atomic E-state index is -0.304. The molecule has 3 amide bonds. The fourth-order valence-electron chi connectivity index (χ4n) is 4.61. The van der Waals surface area contributed by atoms with Gasteiger partial charge in [-0.2, -0.15) is 0 Å². The van der Waals surface area contributed by atoms with Crippen LogP contribution in [0.3, 0.4) is 0 Å². The van der Waals surface area contributed by atoms with Gasteiger partial charge in [0.2, 0.25) is 16.9 Å². The minimum Gasteiger partial charge on any atom is -0.296 e. The van der Waals surface area contributed by atoms with Crippen molar-refractivity contribution in [3.8, 4) is 0 Å². The lowest BCUT2D eigenvalue weighted by Gasteiger charge is -2.17. The lowest BCUT2D eigenvalue weighted by atomic mass is 9.85. The average Bonchev–Trinajstić information content (AvgIpc) is 3.47. The van der Waals surface area contributed by atoms with Crippen molar-refractivity contribution in [1.82, 2.24) is 10.2 Å². The molecule has 1 saturated carbocycles. The summed E-state index contributed by atoms with van der Waals surface area (Å²) >= 11 is 1.35. The van der Waals surface area contributed by atoms with E-state index in [9.17, 15) is 14.4 Å². The first-order valence-corrected chi connectivity index (χ1v) is 10.6. The second kappa shape index (κ2) is 6.59. The van der Waals surface area contributed by atoms with Crippen LogP contribution in [0.4, 0.5) is 10.8 Å². The Morgan fingerprint density at radius 2 is 1.69 bits per heavy atom. The number of nitrogens with zero attached hydrogens (tertiary/aromatic N) is 3. The highest BCUT2D eigenvalue weighted by Crippen LogP contribution is 2.53. The molecule has 2 heterocycles. The van der Waals surface area contributed by atoms with Crippen molar-refractivity contribution >= 4 is 39.9 Å². The zero-order chi connectivity index (χ0) is 20.3. The molecule has 2 aliphatic carbocycles. The Morgan fingerprint density at radius 3 is 2.24 bits per heavy atom. The van der Waals surface area contributed by atoms with Crippen molar-refractivity contribution in [2.75, 3.05) is 10.2 Å². The van der Waals surface area contributed by atoms with Crippen LogP contribution in [0.5, 0.6) is 0 Å². The van der Waals surface area contributed by atoms with E-state index < -0.39 is 0 Å². The summed E-state index contributed by atoms with van der Waals surface area (Å²) in [6.07, 6.45) is 5.06. The van der Waals surface area contributed by atoms with E-state index in [1.807, 2.05) is 13.8 Å². The molecule has 0 spiro atoms. The fraction of sp³-hybridized carbons (Fsp3) is 0.381. The predicted molar refractivity (Wildman–Crippen MR) is 109 cm³/mol. The van der Waals surface area contributed by atoms with Crippen LogP contribution < -0.4 is 10.2 Å². The highest BCUT2D eigenvalue weighted by atomic mass is 32.1. The first-order valence-electron chi connectivity index (χ1n) is 9.75. The molecule has 2 fully saturated rings. The molecule has 2 bridgehead atoms. The van der Waals surface area contributed by atoms with Crippen molar-refractivity contribution < 1.29 is 14.4 Å². The van der Waals surface area contributed by atoms with E-state index in [4.69, 9.17) is 0 Å². The van der Waals surface area contributed by atoms with Gasteiger partial charge in [0.1, 0.15) is 5.01 Å². The van der Waals surface area contributed by atoms with E-state index in [0.29, 0.717) is 16.4 Å². The van der Waals surface area contributed by atoms with E-state index in [1.54, 1.807) is 24.3 Å². The molecule has 1 aromatic carbocycles. The number of carbonyl (C=O) groups is 3. The van der Waals surface area contributed by atoms with Crippen molar-refractivity contribution in [2.24, 2.45) is 23.7 Å². The standard InChI is InChI=1S/C21H20N4O3S/c1-10(2)18-23-24-21(29-18)22-17(26)11-5-7-14(8-6-11)25-19(27)15-12-3-4-13(9-12)16(15)20(25)28/h3-8,10,12-13,15-16H,9H2,1-2H3,(H,22,24,26). The molecule has 4 atom stereocenters. The van der Waals surface area contributed by atoms with Crippen molar-refractivity contribution in [3.63, 3.8) is 0 Å². The zero-order valence-corrected chi connectivity index (χ0v) is 16.8. The average molecular weight is 408 g/mol. The SMILES string of the molecule is CC(C)c1nnc(NC(=O)c2ccc(N3C(=O)C4C5C=CC(C5)C4C3=O)cc2)s1. The Balaban J connectivity index is 1.32. The second-order valence-electron chi connectivity index (χ2n) is 8.11. The normalized spacial score (nSPS) is 27.2. The Bertz CT molecular complexity index is 1010. The summed E-state index contributed by atoms with van der Waals surface area (Å²) in [5.74, 6) is -0.397. The molecule has 2 aromatic rings. The molecular weight excluding hydrogens is 388 g/mol. The molecule has 8 heteroatoms. The van der Waals surface area contributed by atoms with E-state index in [2.05, 4.69) is 27.7 Å². The number of rotatable bonds is 4. The maximum atomic E-state index is 12.9. The van der Waals surface area contributed by atoms with Gasteiger partial charge in [-0.25, -0.2) is 0 Å². The monoisotopic (exact) mass is 408 g/mol. The number of hydrogen-bond acceptors (Lipinski definition) is 6. The topological polar surface area (TPSA) is 92.3 Å². The number of fused-ring (bicyclic) bond motifs is 5. The zero-order valence-electron chi connectivity index (χ0n) is 16.0. The van der Waals surface area contributed by atoms with Gasteiger partial charge in [-0.3, -0.25) is 24.6 Å². The quantitative estimate of drug-likeness (QED) is 0.619. The molecule has 1 aliphatic heterocycles. The molecule has 5 rings (SSSR count). The third-order valence-corrected chi connectivity index (χ3v) is 7.15. The maximum Gasteiger partial charge on any atom is 0.257 e. The van der Waals surface area contributed by atoms with Crippen LogP contribution >= 0.6 is 11.3 Å². The van der Waals surface area contributed by atoms with Gasteiger partial charge in [-0.05, 0) is 42.5 Å². The third-order valence-electron chi connectivity index (χ3n) is 6.01. The molecule has 148 valence electrons. The van der Waals surface area contributed by atoms with Gasteiger partial charge < -0.3 is 0 Å². The minimum absolute atomic E-state index is 0.121. The number of anilines is 2. The Hall–Kier alpha value is -2.87. The van der Waals surface area contributed by atoms with Crippen molar-refractivity contribution in [3.05, 3.63) is 47.0 Å². The Labute approximate surface area is 171 Å². The maximum absolute atomic E-state index is 12.9. The van der Waals surface area contributed by atoms with Gasteiger partial charge in [-0.1, -0.05) is 37.3 Å². The van der Waals surface area contributed by atoms with Gasteiger partial charge in [0, 0.05) is 11.5 Å². The van der Waals surface area contributed by atoms with Crippen molar-refractivity contribution in [1.29, 1.82) is 0 Å².